The summed E-state index contributed by atoms with van der Waals surface area (Å²) in [6, 6.07) is 6.16. The average molecular weight is 299 g/mol. The van der Waals surface area contributed by atoms with Gasteiger partial charge in [0.05, 0.1) is 10.9 Å². The topological polar surface area (TPSA) is 57.8 Å². The second-order valence-electron chi connectivity index (χ2n) is 6.63. The molecule has 0 fully saturated rings. The molecule has 0 unspecified atom stereocenters. The number of hydrogen-bond donors (Lipinski definition) is 2. The zero-order valence-electron chi connectivity index (χ0n) is 12.8. The number of nitrogens with one attached hydrogen (secondary N) is 2. The molecule has 3 rings (SSSR count). The van der Waals surface area contributed by atoms with Crippen molar-refractivity contribution in [2.45, 2.75) is 20.8 Å². The fraction of sp³-hybridized carbons (Fsp3) is 0.294. The first kappa shape index (κ1) is 14.5. The fourth-order valence-electron chi connectivity index (χ4n) is 2.42. The lowest BCUT2D eigenvalue weighted by atomic mass is 9.97. The first-order valence-electron chi connectivity index (χ1n) is 7.20. The van der Waals surface area contributed by atoms with E-state index in [0.717, 1.165) is 11.9 Å². The van der Waals surface area contributed by atoms with E-state index in [-0.39, 0.29) is 16.8 Å². The molecule has 0 aliphatic heterocycles. The van der Waals surface area contributed by atoms with Crippen molar-refractivity contribution >= 4 is 27.5 Å². The van der Waals surface area contributed by atoms with Gasteiger partial charge in [-0.1, -0.05) is 20.8 Å². The summed E-state index contributed by atoms with van der Waals surface area (Å²) in [5.41, 5.74) is 0.373. The summed E-state index contributed by atoms with van der Waals surface area (Å²) in [4.78, 5) is 19.3. The monoisotopic (exact) mass is 299 g/mol. The molecule has 5 heteroatoms. The number of aromatic nitrogens is 2. The number of H-pyrrole nitrogens is 1. The van der Waals surface area contributed by atoms with Gasteiger partial charge in [0.2, 0.25) is 0 Å². The normalized spacial score (nSPS) is 12.0. The Morgan fingerprint density at radius 3 is 2.73 bits per heavy atom. The van der Waals surface area contributed by atoms with Crippen molar-refractivity contribution < 1.29 is 4.39 Å². The Bertz CT molecular complexity index is 909. The Hall–Kier alpha value is -2.43. The highest BCUT2D eigenvalue weighted by Gasteiger charge is 2.14. The molecule has 114 valence electrons. The average Bonchev–Trinajstić information content (AvgIpc) is 2.43. The maximum absolute atomic E-state index is 13.6. The number of aromatic amines is 1. The number of halogens is 1. The quantitative estimate of drug-likeness (QED) is 0.710. The zero-order chi connectivity index (χ0) is 15.9. The minimum Gasteiger partial charge on any atom is -0.369 e. The van der Waals surface area contributed by atoms with Crippen LogP contribution in [0.4, 0.5) is 10.2 Å². The Morgan fingerprint density at radius 1 is 1.23 bits per heavy atom. The molecular weight excluding hydrogens is 281 g/mol. The molecular formula is C17H18FN3O. The van der Waals surface area contributed by atoms with Gasteiger partial charge >= 0.3 is 0 Å². The van der Waals surface area contributed by atoms with Crippen molar-refractivity contribution in [1.29, 1.82) is 0 Å². The minimum absolute atomic E-state index is 0.0805. The molecule has 22 heavy (non-hydrogen) atoms. The molecule has 0 radical (unpaired) electrons. The summed E-state index contributed by atoms with van der Waals surface area (Å²) in [6.45, 7) is 7.08. The highest BCUT2D eigenvalue weighted by Crippen LogP contribution is 2.28. The SMILES string of the molecule is CC(C)(C)CNc1nc2cc[nH]c(=O)c2c2cc(F)ccc12. The van der Waals surface area contributed by atoms with Crippen LogP contribution in [0.25, 0.3) is 21.7 Å². The molecule has 0 saturated heterocycles. The number of rotatable bonds is 2. The molecule has 1 aromatic carbocycles. The Kier molecular flexibility index (Phi) is 3.35. The van der Waals surface area contributed by atoms with Gasteiger partial charge in [-0.05, 0) is 29.7 Å². The van der Waals surface area contributed by atoms with E-state index in [1.807, 2.05) is 0 Å². The smallest absolute Gasteiger partial charge is 0.258 e. The van der Waals surface area contributed by atoms with Gasteiger partial charge in [-0.15, -0.1) is 0 Å². The zero-order valence-corrected chi connectivity index (χ0v) is 12.8. The molecule has 0 saturated carbocycles. The number of pyridine rings is 2. The fourth-order valence-corrected chi connectivity index (χ4v) is 2.42. The molecule has 2 aromatic heterocycles. The molecule has 3 aromatic rings. The van der Waals surface area contributed by atoms with E-state index in [1.54, 1.807) is 18.3 Å². The Morgan fingerprint density at radius 2 is 2.00 bits per heavy atom. The van der Waals surface area contributed by atoms with E-state index in [1.165, 1.54) is 12.1 Å². The van der Waals surface area contributed by atoms with E-state index in [2.05, 4.69) is 36.1 Å². The molecule has 0 atom stereocenters. The van der Waals surface area contributed by atoms with Crippen LogP contribution in [0.1, 0.15) is 20.8 Å². The summed E-state index contributed by atoms with van der Waals surface area (Å²) >= 11 is 0. The van der Waals surface area contributed by atoms with Crippen molar-refractivity contribution in [3.05, 3.63) is 46.6 Å². The molecule has 4 nitrogen and oxygen atoms in total. The van der Waals surface area contributed by atoms with Crippen LogP contribution in [0.2, 0.25) is 0 Å². The Labute approximate surface area is 127 Å². The first-order chi connectivity index (χ1) is 10.3. The van der Waals surface area contributed by atoms with Gasteiger partial charge in [0.1, 0.15) is 11.6 Å². The molecule has 0 bridgehead atoms. The van der Waals surface area contributed by atoms with Crippen molar-refractivity contribution in [2.24, 2.45) is 5.41 Å². The summed E-state index contributed by atoms with van der Waals surface area (Å²) in [5, 5.41) is 5.05. The summed E-state index contributed by atoms with van der Waals surface area (Å²) < 4.78 is 13.6. The third-order valence-electron chi connectivity index (χ3n) is 3.46. The van der Waals surface area contributed by atoms with Crippen LogP contribution >= 0.6 is 0 Å². The van der Waals surface area contributed by atoms with Crippen LogP contribution in [-0.4, -0.2) is 16.5 Å². The van der Waals surface area contributed by atoms with Gasteiger partial charge < -0.3 is 10.3 Å². The minimum atomic E-state index is -0.370. The van der Waals surface area contributed by atoms with Crippen LogP contribution in [0, 0.1) is 11.2 Å². The standard InChI is InChI=1S/C17H18FN3O/c1-17(2,3)9-20-15-11-5-4-10(18)8-12(11)14-13(21-15)6-7-19-16(14)22/h4-8H,9H2,1-3H3,(H,19,22)(H,20,21). The van der Waals surface area contributed by atoms with E-state index in [0.29, 0.717) is 22.1 Å². The maximum Gasteiger partial charge on any atom is 0.258 e. The van der Waals surface area contributed by atoms with Crippen molar-refractivity contribution in [1.82, 2.24) is 9.97 Å². The number of anilines is 1. The van der Waals surface area contributed by atoms with E-state index >= 15 is 0 Å². The van der Waals surface area contributed by atoms with Crippen LogP contribution in [0.3, 0.4) is 0 Å². The van der Waals surface area contributed by atoms with Crippen LogP contribution in [0.15, 0.2) is 35.3 Å². The summed E-state index contributed by atoms with van der Waals surface area (Å²) in [7, 11) is 0. The molecule has 0 spiro atoms. The van der Waals surface area contributed by atoms with Crippen LogP contribution in [0.5, 0.6) is 0 Å². The van der Waals surface area contributed by atoms with Gasteiger partial charge in [-0.3, -0.25) is 4.79 Å². The van der Waals surface area contributed by atoms with E-state index in [4.69, 9.17) is 0 Å². The predicted octanol–water partition coefficient (Wildman–Crippen LogP) is 3.67. The molecule has 2 heterocycles. The van der Waals surface area contributed by atoms with Crippen LogP contribution < -0.4 is 10.9 Å². The first-order valence-corrected chi connectivity index (χ1v) is 7.20. The van der Waals surface area contributed by atoms with Crippen LogP contribution in [-0.2, 0) is 0 Å². The van der Waals surface area contributed by atoms with Crippen molar-refractivity contribution in [3.63, 3.8) is 0 Å². The highest BCUT2D eigenvalue weighted by molar-refractivity contribution is 6.09. The Balaban J connectivity index is 2.30. The van der Waals surface area contributed by atoms with E-state index < -0.39 is 0 Å². The molecule has 2 N–H and O–H groups in total. The molecule has 0 aliphatic carbocycles. The highest BCUT2D eigenvalue weighted by atomic mass is 19.1. The second-order valence-corrected chi connectivity index (χ2v) is 6.63. The number of nitrogens with zero attached hydrogens (tertiary/aromatic N) is 1. The predicted molar refractivity (Wildman–Crippen MR) is 87.8 cm³/mol. The lowest BCUT2D eigenvalue weighted by molar-refractivity contribution is 0.443. The van der Waals surface area contributed by atoms with Gasteiger partial charge in [0.25, 0.3) is 5.56 Å². The van der Waals surface area contributed by atoms with Gasteiger partial charge in [0.15, 0.2) is 0 Å². The molecule has 0 aliphatic rings. The lowest BCUT2D eigenvalue weighted by Gasteiger charge is -2.20. The molecule has 0 amide bonds. The van der Waals surface area contributed by atoms with Crippen molar-refractivity contribution in [3.8, 4) is 0 Å². The van der Waals surface area contributed by atoms with E-state index in [9.17, 15) is 9.18 Å². The van der Waals surface area contributed by atoms with Crippen molar-refractivity contribution in [2.75, 3.05) is 11.9 Å². The number of fused-ring (bicyclic) bond motifs is 3. The van der Waals surface area contributed by atoms with Gasteiger partial charge in [0, 0.05) is 23.5 Å². The number of hydrogen-bond acceptors (Lipinski definition) is 3. The summed E-state index contributed by atoms with van der Waals surface area (Å²) in [5.74, 6) is 0.299. The number of benzene rings is 1. The lowest BCUT2D eigenvalue weighted by Crippen LogP contribution is -2.20. The second kappa shape index (κ2) is 5.09. The van der Waals surface area contributed by atoms with Gasteiger partial charge in [-0.25, -0.2) is 9.37 Å². The summed E-state index contributed by atoms with van der Waals surface area (Å²) in [6.07, 6.45) is 1.55. The third kappa shape index (κ3) is 2.66. The van der Waals surface area contributed by atoms with Gasteiger partial charge in [-0.2, -0.15) is 0 Å². The maximum atomic E-state index is 13.6. The largest absolute Gasteiger partial charge is 0.369 e. The third-order valence-corrected chi connectivity index (χ3v) is 3.46.